The summed E-state index contributed by atoms with van der Waals surface area (Å²) in [5, 5.41) is 8.83. The number of amides is 1. The summed E-state index contributed by atoms with van der Waals surface area (Å²) in [4.78, 5) is 16.2. The standard InChI is InChI=1S/C17H29N5O/c1-5-7-8-16(23)21-11-9-14(10-12-21)17-19-18-15(13-20(3)4)22(17)6-2/h5,7,14H,6,8-13H2,1-4H3/b7-5+. The number of hydrogen-bond acceptors (Lipinski definition) is 4. The first kappa shape index (κ1) is 17.7. The first-order valence-electron chi connectivity index (χ1n) is 8.52. The van der Waals surface area contributed by atoms with Crippen molar-refractivity contribution < 1.29 is 4.79 Å². The van der Waals surface area contributed by atoms with Crippen molar-refractivity contribution in [3.8, 4) is 0 Å². The topological polar surface area (TPSA) is 54.3 Å². The van der Waals surface area contributed by atoms with Crippen LogP contribution in [0.1, 0.15) is 50.7 Å². The van der Waals surface area contributed by atoms with E-state index in [2.05, 4.69) is 26.6 Å². The molecular weight excluding hydrogens is 290 g/mol. The van der Waals surface area contributed by atoms with Gasteiger partial charge in [0.2, 0.25) is 5.91 Å². The van der Waals surface area contributed by atoms with E-state index in [1.165, 1.54) is 0 Å². The molecule has 2 rings (SSSR count). The van der Waals surface area contributed by atoms with Gasteiger partial charge >= 0.3 is 0 Å². The molecule has 1 amide bonds. The number of carbonyl (C=O) groups is 1. The Bertz CT molecular complexity index is 541. The zero-order valence-electron chi connectivity index (χ0n) is 14.8. The maximum Gasteiger partial charge on any atom is 0.226 e. The molecule has 0 spiro atoms. The monoisotopic (exact) mass is 319 g/mol. The summed E-state index contributed by atoms with van der Waals surface area (Å²) >= 11 is 0. The number of carbonyl (C=O) groups excluding carboxylic acids is 1. The average molecular weight is 319 g/mol. The molecule has 23 heavy (non-hydrogen) atoms. The van der Waals surface area contributed by atoms with E-state index in [9.17, 15) is 4.79 Å². The minimum Gasteiger partial charge on any atom is -0.342 e. The van der Waals surface area contributed by atoms with E-state index in [1.807, 2.05) is 38.1 Å². The van der Waals surface area contributed by atoms with E-state index < -0.39 is 0 Å². The predicted octanol–water partition coefficient (Wildman–Crippen LogP) is 2.03. The number of rotatable bonds is 6. The fourth-order valence-corrected chi connectivity index (χ4v) is 3.13. The molecule has 0 radical (unpaired) electrons. The highest BCUT2D eigenvalue weighted by atomic mass is 16.2. The van der Waals surface area contributed by atoms with Crippen LogP contribution in [0, 0.1) is 0 Å². The summed E-state index contributed by atoms with van der Waals surface area (Å²) in [6.45, 7) is 7.43. The minimum atomic E-state index is 0.229. The Morgan fingerprint density at radius 2 is 2.00 bits per heavy atom. The van der Waals surface area contributed by atoms with Crippen LogP contribution >= 0.6 is 0 Å². The molecule has 1 aliphatic heterocycles. The van der Waals surface area contributed by atoms with Crippen LogP contribution in [0.2, 0.25) is 0 Å². The second-order valence-corrected chi connectivity index (χ2v) is 6.38. The van der Waals surface area contributed by atoms with E-state index in [-0.39, 0.29) is 5.91 Å². The van der Waals surface area contributed by atoms with E-state index >= 15 is 0 Å². The molecule has 1 aliphatic rings. The molecule has 1 aromatic rings. The smallest absolute Gasteiger partial charge is 0.226 e. The Hall–Kier alpha value is -1.69. The Kier molecular flexibility index (Phi) is 6.33. The number of likely N-dealkylation sites (tertiary alicyclic amines) is 1. The number of allylic oxidation sites excluding steroid dienone is 1. The van der Waals surface area contributed by atoms with Gasteiger partial charge in [0.15, 0.2) is 0 Å². The lowest BCUT2D eigenvalue weighted by molar-refractivity contribution is -0.131. The van der Waals surface area contributed by atoms with Crippen LogP contribution in [0.25, 0.3) is 0 Å². The SMILES string of the molecule is C/C=C/CC(=O)N1CCC(c2nnc(CN(C)C)n2CC)CC1. The van der Waals surface area contributed by atoms with Gasteiger partial charge in [-0.1, -0.05) is 12.2 Å². The van der Waals surface area contributed by atoms with E-state index in [0.717, 1.165) is 50.7 Å². The van der Waals surface area contributed by atoms with Gasteiger partial charge in [-0.15, -0.1) is 10.2 Å². The fourth-order valence-electron chi connectivity index (χ4n) is 3.13. The summed E-state index contributed by atoms with van der Waals surface area (Å²) in [7, 11) is 4.09. The van der Waals surface area contributed by atoms with Crippen LogP contribution in [0.3, 0.4) is 0 Å². The van der Waals surface area contributed by atoms with E-state index in [1.54, 1.807) is 0 Å². The summed E-state index contributed by atoms with van der Waals surface area (Å²) < 4.78 is 2.24. The molecule has 0 aromatic carbocycles. The van der Waals surface area contributed by atoms with Gasteiger partial charge in [0.1, 0.15) is 11.6 Å². The molecule has 0 unspecified atom stereocenters. The van der Waals surface area contributed by atoms with Gasteiger partial charge in [0.05, 0.1) is 6.54 Å². The molecule has 0 aliphatic carbocycles. The van der Waals surface area contributed by atoms with Gasteiger partial charge in [0.25, 0.3) is 0 Å². The normalized spacial score (nSPS) is 16.7. The highest BCUT2D eigenvalue weighted by Gasteiger charge is 2.27. The third kappa shape index (κ3) is 4.41. The number of aromatic nitrogens is 3. The first-order chi connectivity index (χ1) is 11.1. The van der Waals surface area contributed by atoms with Gasteiger partial charge in [-0.2, -0.15) is 0 Å². The average Bonchev–Trinajstić information content (AvgIpc) is 2.94. The van der Waals surface area contributed by atoms with Crippen molar-refractivity contribution >= 4 is 5.91 Å². The van der Waals surface area contributed by atoms with Crippen LogP contribution in [-0.2, 0) is 17.9 Å². The molecule has 0 saturated carbocycles. The number of hydrogen-bond donors (Lipinski definition) is 0. The van der Waals surface area contributed by atoms with E-state index in [4.69, 9.17) is 0 Å². The number of piperidine rings is 1. The van der Waals surface area contributed by atoms with E-state index in [0.29, 0.717) is 12.3 Å². The lowest BCUT2D eigenvalue weighted by Gasteiger charge is -2.31. The van der Waals surface area contributed by atoms with Crippen LogP contribution in [0.4, 0.5) is 0 Å². The third-order valence-corrected chi connectivity index (χ3v) is 4.37. The molecule has 0 bridgehead atoms. The van der Waals surface area contributed by atoms with Crippen LogP contribution in [0.15, 0.2) is 12.2 Å². The second-order valence-electron chi connectivity index (χ2n) is 6.38. The van der Waals surface area contributed by atoms with Crippen molar-refractivity contribution in [2.75, 3.05) is 27.2 Å². The lowest BCUT2D eigenvalue weighted by Crippen LogP contribution is -2.38. The summed E-state index contributed by atoms with van der Waals surface area (Å²) in [5.74, 6) is 2.75. The van der Waals surface area contributed by atoms with Crippen molar-refractivity contribution in [2.45, 2.75) is 52.1 Å². The van der Waals surface area contributed by atoms with Crippen LogP contribution in [0.5, 0.6) is 0 Å². The van der Waals surface area contributed by atoms with Gasteiger partial charge < -0.3 is 14.4 Å². The third-order valence-electron chi connectivity index (χ3n) is 4.37. The first-order valence-corrected chi connectivity index (χ1v) is 8.52. The molecule has 2 heterocycles. The van der Waals surface area contributed by atoms with Crippen molar-refractivity contribution in [1.29, 1.82) is 0 Å². The molecule has 0 atom stereocenters. The highest BCUT2D eigenvalue weighted by Crippen LogP contribution is 2.27. The molecular formula is C17H29N5O. The van der Waals surface area contributed by atoms with Crippen LogP contribution < -0.4 is 0 Å². The predicted molar refractivity (Wildman–Crippen MR) is 91.1 cm³/mol. The maximum atomic E-state index is 12.1. The molecule has 6 nitrogen and oxygen atoms in total. The Labute approximate surface area is 139 Å². The number of nitrogens with zero attached hydrogens (tertiary/aromatic N) is 5. The lowest BCUT2D eigenvalue weighted by atomic mass is 9.95. The zero-order valence-corrected chi connectivity index (χ0v) is 14.8. The summed E-state index contributed by atoms with van der Waals surface area (Å²) in [5.41, 5.74) is 0. The van der Waals surface area contributed by atoms with Crippen molar-refractivity contribution in [3.05, 3.63) is 23.8 Å². The summed E-state index contributed by atoms with van der Waals surface area (Å²) in [6, 6.07) is 0. The molecule has 128 valence electrons. The van der Waals surface area contributed by atoms with Crippen molar-refractivity contribution in [2.24, 2.45) is 0 Å². The zero-order chi connectivity index (χ0) is 16.8. The Morgan fingerprint density at radius 3 is 2.57 bits per heavy atom. The fraction of sp³-hybridized carbons (Fsp3) is 0.706. The van der Waals surface area contributed by atoms with Gasteiger partial charge in [-0.3, -0.25) is 4.79 Å². The molecule has 1 aromatic heterocycles. The van der Waals surface area contributed by atoms with Gasteiger partial charge in [-0.05, 0) is 40.8 Å². The van der Waals surface area contributed by atoms with Crippen molar-refractivity contribution in [3.63, 3.8) is 0 Å². The molecule has 6 heteroatoms. The maximum absolute atomic E-state index is 12.1. The van der Waals surface area contributed by atoms with Crippen LogP contribution in [-0.4, -0.2) is 57.7 Å². The van der Waals surface area contributed by atoms with Gasteiger partial charge in [0, 0.05) is 32.0 Å². The summed E-state index contributed by atoms with van der Waals surface area (Å²) in [6.07, 6.45) is 6.32. The largest absolute Gasteiger partial charge is 0.342 e. The van der Waals surface area contributed by atoms with Crippen molar-refractivity contribution in [1.82, 2.24) is 24.6 Å². The minimum absolute atomic E-state index is 0.229. The molecule has 1 saturated heterocycles. The van der Waals surface area contributed by atoms with Gasteiger partial charge in [-0.25, -0.2) is 0 Å². The Morgan fingerprint density at radius 1 is 1.30 bits per heavy atom. The molecule has 0 N–H and O–H groups in total. The molecule has 1 fully saturated rings. The Balaban J connectivity index is 2.00. The second kappa shape index (κ2) is 8.24. The highest BCUT2D eigenvalue weighted by molar-refractivity contribution is 5.77. The quantitative estimate of drug-likeness (QED) is 0.753.